The van der Waals surface area contributed by atoms with Crippen molar-refractivity contribution in [3.05, 3.63) is 53.1 Å². The largest absolute Gasteiger partial charge is 0.490 e. The van der Waals surface area contributed by atoms with E-state index in [0.717, 1.165) is 18.7 Å². The predicted molar refractivity (Wildman–Crippen MR) is 83.2 cm³/mol. The molecule has 0 amide bonds. The van der Waals surface area contributed by atoms with E-state index < -0.39 is 0 Å². The first-order valence-electron chi connectivity index (χ1n) is 7.21. The van der Waals surface area contributed by atoms with Crippen LogP contribution in [0.2, 0.25) is 0 Å². The molecule has 3 rings (SSSR count). The first kappa shape index (κ1) is 13.2. The highest BCUT2D eigenvalue weighted by Gasteiger charge is 2.19. The van der Waals surface area contributed by atoms with Gasteiger partial charge in [0.25, 0.3) is 0 Å². The Kier molecular flexibility index (Phi) is 3.49. The summed E-state index contributed by atoms with van der Waals surface area (Å²) in [5.74, 6) is 1.05. The third-order valence-corrected chi connectivity index (χ3v) is 3.84. The van der Waals surface area contributed by atoms with E-state index in [2.05, 4.69) is 55.6 Å². The normalized spacial score (nSPS) is 16.9. The lowest BCUT2D eigenvalue weighted by Gasteiger charge is -2.12. The number of aryl methyl sites for hydroxylation is 1. The summed E-state index contributed by atoms with van der Waals surface area (Å²) in [6, 6.07) is 13.2. The lowest BCUT2D eigenvalue weighted by molar-refractivity contribution is 0.254. The summed E-state index contributed by atoms with van der Waals surface area (Å²) in [7, 11) is 1.99. The van der Waals surface area contributed by atoms with Crippen molar-refractivity contribution < 1.29 is 4.74 Å². The summed E-state index contributed by atoms with van der Waals surface area (Å²) >= 11 is 0. The van der Waals surface area contributed by atoms with Gasteiger partial charge in [-0.25, -0.2) is 0 Å². The Morgan fingerprint density at radius 1 is 1.20 bits per heavy atom. The molecule has 0 spiro atoms. The molecule has 1 atom stereocenters. The lowest BCUT2D eigenvalue weighted by Crippen LogP contribution is -2.06. The minimum Gasteiger partial charge on any atom is -0.490 e. The fraction of sp³-hybridized carbons (Fsp3) is 0.333. The van der Waals surface area contributed by atoms with Crippen LogP contribution in [0.1, 0.15) is 23.6 Å². The number of rotatable bonds is 3. The Morgan fingerprint density at radius 2 is 2.05 bits per heavy atom. The zero-order valence-electron chi connectivity index (χ0n) is 12.4. The van der Waals surface area contributed by atoms with E-state index in [1.165, 1.54) is 27.8 Å². The maximum Gasteiger partial charge on any atom is 0.123 e. The van der Waals surface area contributed by atoms with Crippen molar-refractivity contribution in [2.24, 2.45) is 0 Å². The first-order chi connectivity index (χ1) is 9.67. The molecule has 0 saturated carbocycles. The monoisotopic (exact) mass is 267 g/mol. The highest BCUT2D eigenvalue weighted by Crippen LogP contribution is 2.34. The van der Waals surface area contributed by atoms with Gasteiger partial charge in [0, 0.05) is 13.0 Å². The molecule has 1 unspecified atom stereocenters. The molecule has 1 aliphatic heterocycles. The van der Waals surface area contributed by atoms with Crippen LogP contribution in [0.4, 0.5) is 0 Å². The zero-order chi connectivity index (χ0) is 14.1. The van der Waals surface area contributed by atoms with Gasteiger partial charge in [-0.3, -0.25) is 0 Å². The van der Waals surface area contributed by atoms with E-state index in [0.29, 0.717) is 6.10 Å². The fourth-order valence-corrected chi connectivity index (χ4v) is 2.89. The molecule has 1 aliphatic rings. The standard InChI is InChI=1S/C18H21NO/c1-12-4-5-15(11-19-3)17(8-12)14-6-7-18-16(10-14)9-13(2)20-18/h4-8,10,13,19H,9,11H2,1-3H3. The van der Waals surface area contributed by atoms with Gasteiger partial charge in [-0.15, -0.1) is 0 Å². The third kappa shape index (κ3) is 2.44. The number of fused-ring (bicyclic) bond motifs is 1. The SMILES string of the molecule is CNCc1ccc(C)cc1-c1ccc2c(c1)CC(C)O2. The average Bonchev–Trinajstić information content (AvgIpc) is 2.80. The molecule has 2 heteroatoms. The van der Waals surface area contributed by atoms with E-state index in [4.69, 9.17) is 4.74 Å². The lowest BCUT2D eigenvalue weighted by atomic mass is 9.95. The van der Waals surface area contributed by atoms with Crippen LogP contribution >= 0.6 is 0 Å². The smallest absolute Gasteiger partial charge is 0.123 e. The second-order valence-corrected chi connectivity index (χ2v) is 5.65. The Balaban J connectivity index is 2.05. The maximum absolute atomic E-state index is 5.79. The summed E-state index contributed by atoms with van der Waals surface area (Å²) in [5.41, 5.74) is 6.57. The van der Waals surface area contributed by atoms with E-state index in [1.54, 1.807) is 0 Å². The van der Waals surface area contributed by atoms with Crippen LogP contribution in [0.5, 0.6) is 5.75 Å². The second kappa shape index (κ2) is 5.29. The van der Waals surface area contributed by atoms with E-state index >= 15 is 0 Å². The molecule has 0 aromatic heterocycles. The van der Waals surface area contributed by atoms with Gasteiger partial charge in [0.1, 0.15) is 11.9 Å². The molecule has 0 aliphatic carbocycles. The number of nitrogens with one attached hydrogen (secondary N) is 1. The van der Waals surface area contributed by atoms with E-state index in [-0.39, 0.29) is 0 Å². The van der Waals surface area contributed by atoms with Crippen LogP contribution in [0.15, 0.2) is 36.4 Å². The van der Waals surface area contributed by atoms with Crippen LogP contribution < -0.4 is 10.1 Å². The first-order valence-corrected chi connectivity index (χ1v) is 7.21. The highest BCUT2D eigenvalue weighted by atomic mass is 16.5. The molecule has 2 aromatic rings. The molecule has 0 bridgehead atoms. The zero-order valence-corrected chi connectivity index (χ0v) is 12.4. The Labute approximate surface area is 120 Å². The van der Waals surface area contributed by atoms with Crippen molar-refractivity contribution in [2.75, 3.05) is 7.05 Å². The Bertz CT molecular complexity index is 633. The van der Waals surface area contributed by atoms with Crippen LogP contribution in [0.25, 0.3) is 11.1 Å². The second-order valence-electron chi connectivity index (χ2n) is 5.65. The van der Waals surface area contributed by atoms with E-state index in [1.807, 2.05) is 7.05 Å². The number of hydrogen-bond donors (Lipinski definition) is 1. The highest BCUT2D eigenvalue weighted by molar-refractivity contribution is 5.70. The minimum absolute atomic E-state index is 0.300. The predicted octanol–water partition coefficient (Wildman–Crippen LogP) is 3.70. The summed E-state index contributed by atoms with van der Waals surface area (Å²) in [6.07, 6.45) is 1.31. The molecular weight excluding hydrogens is 246 g/mol. The number of hydrogen-bond acceptors (Lipinski definition) is 2. The van der Waals surface area contributed by atoms with Gasteiger partial charge in [0.15, 0.2) is 0 Å². The maximum atomic E-state index is 5.79. The molecule has 0 fully saturated rings. The van der Waals surface area contributed by atoms with Gasteiger partial charge in [0.05, 0.1) is 0 Å². The van der Waals surface area contributed by atoms with Crippen molar-refractivity contribution in [1.29, 1.82) is 0 Å². The van der Waals surface area contributed by atoms with Crippen LogP contribution in [0.3, 0.4) is 0 Å². The molecule has 2 aromatic carbocycles. The van der Waals surface area contributed by atoms with Gasteiger partial charge in [-0.2, -0.15) is 0 Å². The molecule has 1 heterocycles. The summed E-state index contributed by atoms with van der Waals surface area (Å²) in [4.78, 5) is 0. The van der Waals surface area contributed by atoms with Crippen LogP contribution in [0, 0.1) is 6.92 Å². The van der Waals surface area contributed by atoms with Gasteiger partial charge >= 0.3 is 0 Å². The molecule has 104 valence electrons. The van der Waals surface area contributed by atoms with Gasteiger partial charge < -0.3 is 10.1 Å². The number of ether oxygens (including phenoxy) is 1. The topological polar surface area (TPSA) is 21.3 Å². The van der Waals surface area contributed by atoms with Crippen LogP contribution in [-0.4, -0.2) is 13.2 Å². The van der Waals surface area contributed by atoms with Crippen molar-refractivity contribution in [1.82, 2.24) is 5.32 Å². The summed E-state index contributed by atoms with van der Waals surface area (Å²) in [6.45, 7) is 5.16. The average molecular weight is 267 g/mol. The summed E-state index contributed by atoms with van der Waals surface area (Å²) < 4.78 is 5.79. The Morgan fingerprint density at radius 3 is 2.85 bits per heavy atom. The minimum atomic E-state index is 0.300. The molecule has 1 N–H and O–H groups in total. The summed E-state index contributed by atoms with van der Waals surface area (Å²) in [5, 5.41) is 3.25. The van der Waals surface area contributed by atoms with Crippen molar-refractivity contribution in [3.63, 3.8) is 0 Å². The van der Waals surface area contributed by atoms with Crippen molar-refractivity contribution in [3.8, 4) is 16.9 Å². The molecule has 2 nitrogen and oxygen atoms in total. The fourth-order valence-electron chi connectivity index (χ4n) is 2.89. The van der Waals surface area contributed by atoms with E-state index in [9.17, 15) is 0 Å². The quantitative estimate of drug-likeness (QED) is 0.915. The molecule has 0 radical (unpaired) electrons. The third-order valence-electron chi connectivity index (χ3n) is 3.84. The van der Waals surface area contributed by atoms with Gasteiger partial charge in [-0.05, 0) is 55.3 Å². The van der Waals surface area contributed by atoms with Gasteiger partial charge in [0.2, 0.25) is 0 Å². The molecular formula is C18H21NO. The number of benzene rings is 2. The Hall–Kier alpha value is -1.80. The molecule has 0 saturated heterocycles. The van der Waals surface area contributed by atoms with Crippen molar-refractivity contribution >= 4 is 0 Å². The van der Waals surface area contributed by atoms with Crippen LogP contribution in [-0.2, 0) is 13.0 Å². The van der Waals surface area contributed by atoms with Crippen molar-refractivity contribution in [2.45, 2.75) is 32.9 Å². The van der Waals surface area contributed by atoms with Gasteiger partial charge in [-0.1, -0.05) is 29.8 Å². The molecule has 20 heavy (non-hydrogen) atoms.